The predicted octanol–water partition coefficient (Wildman–Crippen LogP) is 2.47. The fourth-order valence-electron chi connectivity index (χ4n) is 3.06. The molecule has 1 N–H and O–H groups in total. The Labute approximate surface area is 105 Å². The zero-order valence-electron chi connectivity index (χ0n) is 11.1. The van der Waals surface area contributed by atoms with E-state index in [1.807, 2.05) is 6.26 Å². The van der Waals surface area contributed by atoms with Gasteiger partial charge in [0.1, 0.15) is 0 Å². The van der Waals surface area contributed by atoms with Gasteiger partial charge in [0.05, 0.1) is 19.0 Å². The zero-order valence-corrected chi connectivity index (χ0v) is 11.1. The Bertz CT molecular complexity index is 265. The van der Waals surface area contributed by atoms with Crippen molar-refractivity contribution in [2.24, 2.45) is 5.92 Å². The van der Waals surface area contributed by atoms with Gasteiger partial charge in [0, 0.05) is 18.6 Å². The normalized spacial score (nSPS) is 30.8. The van der Waals surface area contributed by atoms with Gasteiger partial charge >= 0.3 is 0 Å². The van der Waals surface area contributed by atoms with Gasteiger partial charge in [0.2, 0.25) is 0 Å². The highest BCUT2D eigenvalue weighted by Gasteiger charge is 2.35. The van der Waals surface area contributed by atoms with Crippen molar-refractivity contribution in [3.63, 3.8) is 0 Å². The molecule has 3 atom stereocenters. The van der Waals surface area contributed by atoms with Crippen LogP contribution in [-0.2, 0) is 9.47 Å². The maximum atomic E-state index is 5.82. The molecule has 3 heteroatoms. The van der Waals surface area contributed by atoms with Crippen molar-refractivity contribution < 1.29 is 9.47 Å². The zero-order chi connectivity index (χ0) is 12.1. The van der Waals surface area contributed by atoms with Crippen molar-refractivity contribution in [3.05, 3.63) is 11.8 Å². The summed E-state index contributed by atoms with van der Waals surface area (Å²) in [5.41, 5.74) is 1.44. The smallest absolute Gasteiger partial charge is 0.0876 e. The Balaban J connectivity index is 2.07. The Kier molecular flexibility index (Phi) is 4.86. The van der Waals surface area contributed by atoms with Crippen LogP contribution < -0.4 is 5.32 Å². The van der Waals surface area contributed by atoms with E-state index in [-0.39, 0.29) is 0 Å². The number of hydrogen-bond acceptors (Lipinski definition) is 3. The minimum atomic E-state index is 0.418. The Morgan fingerprint density at radius 2 is 2.29 bits per heavy atom. The molecule has 2 rings (SSSR count). The largest absolute Gasteiger partial charge is 0.501 e. The predicted molar refractivity (Wildman–Crippen MR) is 68.9 cm³/mol. The van der Waals surface area contributed by atoms with Gasteiger partial charge in [-0.25, -0.2) is 0 Å². The van der Waals surface area contributed by atoms with Crippen LogP contribution in [0.4, 0.5) is 0 Å². The average molecular weight is 239 g/mol. The van der Waals surface area contributed by atoms with Crippen LogP contribution >= 0.6 is 0 Å². The minimum Gasteiger partial charge on any atom is -0.501 e. The van der Waals surface area contributed by atoms with Crippen molar-refractivity contribution in [2.45, 2.75) is 51.7 Å². The molecule has 0 aromatic heterocycles. The molecule has 0 bridgehead atoms. The molecule has 17 heavy (non-hydrogen) atoms. The van der Waals surface area contributed by atoms with E-state index in [0.717, 1.165) is 32.6 Å². The highest BCUT2D eigenvalue weighted by Crippen LogP contribution is 2.32. The Morgan fingerprint density at radius 3 is 2.94 bits per heavy atom. The van der Waals surface area contributed by atoms with Gasteiger partial charge in [0.25, 0.3) is 0 Å². The molecule has 98 valence electrons. The number of hydrogen-bond donors (Lipinski definition) is 1. The molecule has 0 amide bonds. The molecule has 0 radical (unpaired) electrons. The minimum absolute atomic E-state index is 0.418. The molecule has 2 heterocycles. The molecule has 0 aliphatic carbocycles. The Morgan fingerprint density at radius 1 is 1.41 bits per heavy atom. The van der Waals surface area contributed by atoms with Crippen molar-refractivity contribution in [3.8, 4) is 0 Å². The van der Waals surface area contributed by atoms with E-state index < -0.39 is 0 Å². The van der Waals surface area contributed by atoms with Crippen molar-refractivity contribution in [1.29, 1.82) is 0 Å². The van der Waals surface area contributed by atoms with E-state index in [9.17, 15) is 0 Å². The number of likely N-dealkylation sites (N-methyl/N-ethyl adjacent to an activating group) is 1. The molecular formula is C14H25NO2. The number of ether oxygens (including phenoxy) is 2. The van der Waals surface area contributed by atoms with Gasteiger partial charge in [-0.3, -0.25) is 0 Å². The summed E-state index contributed by atoms with van der Waals surface area (Å²) in [6.07, 6.45) is 7.01. The second-order valence-corrected chi connectivity index (χ2v) is 4.97. The molecule has 3 nitrogen and oxygen atoms in total. The highest BCUT2D eigenvalue weighted by molar-refractivity contribution is 5.13. The van der Waals surface area contributed by atoms with E-state index in [1.165, 1.54) is 18.4 Å². The lowest BCUT2D eigenvalue weighted by atomic mass is 9.85. The first-order valence-electron chi connectivity index (χ1n) is 7.02. The third-order valence-electron chi connectivity index (χ3n) is 3.88. The number of nitrogens with one attached hydrogen (secondary N) is 1. The second-order valence-electron chi connectivity index (χ2n) is 4.97. The van der Waals surface area contributed by atoms with Crippen molar-refractivity contribution in [1.82, 2.24) is 5.32 Å². The van der Waals surface area contributed by atoms with Crippen molar-refractivity contribution in [2.75, 3.05) is 19.8 Å². The fraction of sp³-hybridized carbons (Fsp3) is 0.857. The summed E-state index contributed by atoms with van der Waals surface area (Å²) in [6.45, 7) is 7.20. The topological polar surface area (TPSA) is 30.5 Å². The van der Waals surface area contributed by atoms with Gasteiger partial charge in [-0.2, -0.15) is 0 Å². The van der Waals surface area contributed by atoms with E-state index in [0.29, 0.717) is 18.1 Å². The van der Waals surface area contributed by atoms with E-state index in [1.54, 1.807) is 0 Å². The van der Waals surface area contributed by atoms with Gasteiger partial charge in [-0.15, -0.1) is 0 Å². The maximum Gasteiger partial charge on any atom is 0.0876 e. The fourth-order valence-corrected chi connectivity index (χ4v) is 3.06. The summed E-state index contributed by atoms with van der Waals surface area (Å²) in [6, 6.07) is 0.452. The SMILES string of the molecule is CCNC(C1=COCCC1)C1CCOC1CC. The lowest BCUT2D eigenvalue weighted by molar-refractivity contribution is 0.0795. The van der Waals surface area contributed by atoms with Crippen LogP contribution in [0.5, 0.6) is 0 Å². The molecule has 3 unspecified atom stereocenters. The van der Waals surface area contributed by atoms with Crippen LogP contribution in [0.25, 0.3) is 0 Å². The second kappa shape index (κ2) is 6.41. The summed E-state index contributed by atoms with van der Waals surface area (Å²) in [5, 5.41) is 3.63. The summed E-state index contributed by atoms with van der Waals surface area (Å²) >= 11 is 0. The molecule has 2 aliphatic heterocycles. The van der Waals surface area contributed by atoms with E-state index >= 15 is 0 Å². The van der Waals surface area contributed by atoms with Crippen LogP contribution in [-0.4, -0.2) is 31.9 Å². The third-order valence-corrected chi connectivity index (χ3v) is 3.88. The first-order chi connectivity index (χ1) is 8.36. The number of rotatable bonds is 5. The van der Waals surface area contributed by atoms with Crippen LogP contribution in [0, 0.1) is 5.92 Å². The molecule has 0 saturated carbocycles. The summed E-state index contributed by atoms with van der Waals surface area (Å²) in [4.78, 5) is 0. The molecule has 0 aromatic carbocycles. The molecule has 1 saturated heterocycles. The first kappa shape index (κ1) is 12.9. The Hall–Kier alpha value is -0.540. The molecule has 2 aliphatic rings. The van der Waals surface area contributed by atoms with Crippen LogP contribution in [0.2, 0.25) is 0 Å². The highest BCUT2D eigenvalue weighted by atomic mass is 16.5. The summed E-state index contributed by atoms with van der Waals surface area (Å²) in [7, 11) is 0. The lowest BCUT2D eigenvalue weighted by Gasteiger charge is -2.31. The first-order valence-corrected chi connectivity index (χ1v) is 7.02. The summed E-state index contributed by atoms with van der Waals surface area (Å²) < 4.78 is 11.3. The van der Waals surface area contributed by atoms with E-state index in [2.05, 4.69) is 19.2 Å². The maximum absolute atomic E-state index is 5.82. The molecule has 0 aromatic rings. The van der Waals surface area contributed by atoms with Gasteiger partial charge in [-0.1, -0.05) is 13.8 Å². The standard InChI is InChI=1S/C14H25NO2/c1-3-13-12(7-9-17-13)14(15-4-2)11-6-5-8-16-10-11/h10,12-15H,3-9H2,1-2H3. The van der Waals surface area contributed by atoms with Crippen LogP contribution in [0.3, 0.4) is 0 Å². The molecule has 0 spiro atoms. The van der Waals surface area contributed by atoms with Gasteiger partial charge in [-0.05, 0) is 37.8 Å². The van der Waals surface area contributed by atoms with Crippen LogP contribution in [0.1, 0.15) is 39.5 Å². The third kappa shape index (κ3) is 3.02. The monoisotopic (exact) mass is 239 g/mol. The molecule has 1 fully saturated rings. The molecular weight excluding hydrogens is 214 g/mol. The van der Waals surface area contributed by atoms with Gasteiger partial charge in [0.15, 0.2) is 0 Å². The average Bonchev–Trinajstić information content (AvgIpc) is 2.85. The van der Waals surface area contributed by atoms with Crippen LogP contribution in [0.15, 0.2) is 11.8 Å². The quantitative estimate of drug-likeness (QED) is 0.799. The van der Waals surface area contributed by atoms with Gasteiger partial charge < -0.3 is 14.8 Å². The van der Waals surface area contributed by atoms with E-state index in [4.69, 9.17) is 9.47 Å². The summed E-state index contributed by atoms with van der Waals surface area (Å²) in [5.74, 6) is 0.618. The van der Waals surface area contributed by atoms with Crippen molar-refractivity contribution >= 4 is 0 Å². The lowest BCUT2D eigenvalue weighted by Crippen LogP contribution is -2.41.